The van der Waals surface area contributed by atoms with Gasteiger partial charge in [-0.05, 0) is 55.9 Å². The van der Waals surface area contributed by atoms with E-state index in [2.05, 4.69) is 25.9 Å². The minimum absolute atomic E-state index is 0.0319. The first-order chi connectivity index (χ1) is 13.1. The highest BCUT2D eigenvalue weighted by atomic mass is 19.1. The van der Waals surface area contributed by atoms with Crippen LogP contribution in [0.25, 0.3) is 0 Å². The first-order valence-electron chi connectivity index (χ1n) is 9.31. The summed E-state index contributed by atoms with van der Waals surface area (Å²) in [5, 5.41) is 9.15. The molecule has 2 aliphatic rings. The van der Waals surface area contributed by atoms with Crippen LogP contribution in [0.1, 0.15) is 37.7 Å². The predicted octanol–water partition coefficient (Wildman–Crippen LogP) is 2.93. The second kappa shape index (κ2) is 7.48. The number of rotatable bonds is 4. The third kappa shape index (κ3) is 4.16. The number of halogens is 1. The lowest BCUT2D eigenvalue weighted by Gasteiger charge is -2.27. The number of hydrogen-bond acceptors (Lipinski definition) is 6. The van der Waals surface area contributed by atoms with Gasteiger partial charge in [0, 0.05) is 29.9 Å². The van der Waals surface area contributed by atoms with E-state index >= 15 is 0 Å². The van der Waals surface area contributed by atoms with Gasteiger partial charge >= 0.3 is 0 Å². The molecule has 1 fully saturated rings. The molecule has 7 nitrogen and oxygen atoms in total. The van der Waals surface area contributed by atoms with Crippen molar-refractivity contribution in [3.05, 3.63) is 35.8 Å². The average Bonchev–Trinajstić information content (AvgIpc) is 2.66. The molecule has 1 amide bonds. The van der Waals surface area contributed by atoms with Crippen molar-refractivity contribution < 1.29 is 9.18 Å². The molecule has 142 valence electrons. The molecule has 0 bridgehead atoms. The summed E-state index contributed by atoms with van der Waals surface area (Å²) in [4.78, 5) is 19.8. The molecule has 0 unspecified atom stereocenters. The van der Waals surface area contributed by atoms with E-state index in [0.717, 1.165) is 42.6 Å². The Morgan fingerprint density at radius 1 is 1.19 bits per heavy atom. The SMILES string of the molecule is N[C@H]1CC[C@H](Nc2nc(Nc3ccc4c(c3)CCC(=O)N4)ncc2F)CC1. The van der Waals surface area contributed by atoms with Gasteiger partial charge in [0.1, 0.15) is 0 Å². The molecule has 2 heterocycles. The van der Waals surface area contributed by atoms with Gasteiger partial charge in [0.15, 0.2) is 11.6 Å². The molecule has 0 saturated heterocycles. The lowest BCUT2D eigenvalue weighted by molar-refractivity contribution is -0.116. The Kier molecular flexibility index (Phi) is 4.89. The largest absolute Gasteiger partial charge is 0.365 e. The Balaban J connectivity index is 1.47. The van der Waals surface area contributed by atoms with Crippen LogP contribution in [-0.2, 0) is 11.2 Å². The highest BCUT2D eigenvalue weighted by Crippen LogP contribution is 2.27. The van der Waals surface area contributed by atoms with Gasteiger partial charge in [0.05, 0.1) is 6.20 Å². The molecule has 5 N–H and O–H groups in total. The van der Waals surface area contributed by atoms with E-state index in [1.807, 2.05) is 18.2 Å². The maximum Gasteiger partial charge on any atom is 0.229 e. The van der Waals surface area contributed by atoms with Gasteiger partial charge in [-0.25, -0.2) is 9.37 Å². The van der Waals surface area contributed by atoms with Gasteiger partial charge in [-0.2, -0.15) is 4.98 Å². The molecule has 0 spiro atoms. The van der Waals surface area contributed by atoms with Crippen LogP contribution in [-0.4, -0.2) is 28.0 Å². The van der Waals surface area contributed by atoms with Gasteiger partial charge in [-0.15, -0.1) is 0 Å². The number of carbonyl (C=O) groups is 1. The van der Waals surface area contributed by atoms with Crippen LogP contribution in [0.2, 0.25) is 0 Å². The van der Waals surface area contributed by atoms with Gasteiger partial charge in [-0.1, -0.05) is 0 Å². The fourth-order valence-corrected chi connectivity index (χ4v) is 3.58. The number of carbonyl (C=O) groups excluding carboxylic acids is 1. The van der Waals surface area contributed by atoms with Crippen molar-refractivity contribution in [1.29, 1.82) is 0 Å². The zero-order valence-corrected chi connectivity index (χ0v) is 15.0. The number of amides is 1. The van der Waals surface area contributed by atoms with Crippen LogP contribution < -0.4 is 21.7 Å². The van der Waals surface area contributed by atoms with E-state index in [1.165, 1.54) is 6.20 Å². The van der Waals surface area contributed by atoms with Crippen molar-refractivity contribution in [3.63, 3.8) is 0 Å². The first kappa shape index (κ1) is 17.7. The monoisotopic (exact) mass is 370 g/mol. The normalized spacial score (nSPS) is 21.9. The summed E-state index contributed by atoms with van der Waals surface area (Å²) in [5.74, 6) is 0.0949. The molecule has 8 heteroatoms. The van der Waals surface area contributed by atoms with E-state index in [-0.39, 0.29) is 23.8 Å². The number of aromatic nitrogens is 2. The molecule has 1 aliphatic carbocycles. The maximum atomic E-state index is 14.1. The summed E-state index contributed by atoms with van der Waals surface area (Å²) in [6.07, 6.45) is 6.02. The number of anilines is 4. The van der Waals surface area contributed by atoms with Crippen LogP contribution >= 0.6 is 0 Å². The van der Waals surface area contributed by atoms with Crippen molar-refractivity contribution >= 4 is 29.0 Å². The first-order valence-corrected chi connectivity index (χ1v) is 9.31. The number of nitrogens with two attached hydrogens (primary N) is 1. The topological polar surface area (TPSA) is 105 Å². The number of benzene rings is 1. The standard InChI is InChI=1S/C19H23FN6O/c20-15-10-22-19(26-18(15)23-13-4-2-12(21)3-5-13)24-14-6-7-16-11(9-14)1-8-17(27)25-16/h6-7,9-10,12-13H,1-5,8,21H2,(H,25,27)(H2,22,23,24,26)/t12-,13-. The zero-order valence-electron chi connectivity index (χ0n) is 15.0. The fraction of sp³-hybridized carbons (Fsp3) is 0.421. The molecular weight excluding hydrogens is 347 g/mol. The summed E-state index contributed by atoms with van der Waals surface area (Å²) < 4.78 is 14.1. The smallest absolute Gasteiger partial charge is 0.229 e. The lowest BCUT2D eigenvalue weighted by Crippen LogP contribution is -2.33. The summed E-state index contributed by atoms with van der Waals surface area (Å²) in [5.41, 5.74) is 8.61. The minimum Gasteiger partial charge on any atom is -0.365 e. The predicted molar refractivity (Wildman–Crippen MR) is 103 cm³/mol. The highest BCUT2D eigenvalue weighted by Gasteiger charge is 2.20. The van der Waals surface area contributed by atoms with Crippen LogP contribution in [0, 0.1) is 5.82 Å². The van der Waals surface area contributed by atoms with E-state index in [4.69, 9.17) is 5.73 Å². The molecule has 1 aliphatic heterocycles. The number of nitrogens with zero attached hydrogens (tertiary/aromatic N) is 2. The Hall–Kier alpha value is -2.74. The number of hydrogen-bond donors (Lipinski definition) is 4. The average molecular weight is 370 g/mol. The number of aryl methyl sites for hydroxylation is 1. The highest BCUT2D eigenvalue weighted by molar-refractivity contribution is 5.94. The second-order valence-electron chi connectivity index (χ2n) is 7.19. The van der Waals surface area contributed by atoms with Crippen LogP contribution in [0.15, 0.2) is 24.4 Å². The van der Waals surface area contributed by atoms with Crippen LogP contribution in [0.5, 0.6) is 0 Å². The van der Waals surface area contributed by atoms with Gasteiger partial charge < -0.3 is 21.7 Å². The molecule has 1 saturated carbocycles. The van der Waals surface area contributed by atoms with Crippen molar-refractivity contribution in [3.8, 4) is 0 Å². The Bertz CT molecular complexity index is 850. The third-order valence-corrected chi connectivity index (χ3v) is 5.11. The minimum atomic E-state index is -0.469. The second-order valence-corrected chi connectivity index (χ2v) is 7.19. The van der Waals surface area contributed by atoms with E-state index in [9.17, 15) is 9.18 Å². The van der Waals surface area contributed by atoms with Crippen molar-refractivity contribution in [2.75, 3.05) is 16.0 Å². The quantitative estimate of drug-likeness (QED) is 0.660. The van der Waals surface area contributed by atoms with Crippen LogP contribution in [0.4, 0.5) is 27.5 Å². The summed E-state index contributed by atoms with van der Waals surface area (Å²) in [6, 6.07) is 6.06. The van der Waals surface area contributed by atoms with E-state index in [0.29, 0.717) is 18.8 Å². The van der Waals surface area contributed by atoms with E-state index in [1.54, 1.807) is 0 Å². The van der Waals surface area contributed by atoms with Crippen molar-refractivity contribution in [2.45, 2.75) is 50.6 Å². The molecule has 1 aromatic heterocycles. The number of fused-ring (bicyclic) bond motifs is 1. The molecule has 4 rings (SSSR count). The number of nitrogens with one attached hydrogen (secondary N) is 3. The van der Waals surface area contributed by atoms with Gasteiger partial charge in [0.2, 0.25) is 11.9 Å². The Morgan fingerprint density at radius 3 is 2.81 bits per heavy atom. The van der Waals surface area contributed by atoms with Crippen LogP contribution in [0.3, 0.4) is 0 Å². The fourth-order valence-electron chi connectivity index (χ4n) is 3.58. The Labute approximate surface area is 157 Å². The zero-order chi connectivity index (χ0) is 18.8. The molecule has 27 heavy (non-hydrogen) atoms. The molecule has 1 aromatic carbocycles. The Morgan fingerprint density at radius 2 is 2.00 bits per heavy atom. The van der Waals surface area contributed by atoms with Gasteiger partial charge in [0.25, 0.3) is 0 Å². The van der Waals surface area contributed by atoms with Crippen molar-refractivity contribution in [2.24, 2.45) is 5.73 Å². The molecule has 0 radical (unpaired) electrons. The summed E-state index contributed by atoms with van der Waals surface area (Å²) in [6.45, 7) is 0. The third-order valence-electron chi connectivity index (χ3n) is 5.11. The van der Waals surface area contributed by atoms with Gasteiger partial charge in [-0.3, -0.25) is 4.79 Å². The van der Waals surface area contributed by atoms with E-state index < -0.39 is 5.82 Å². The van der Waals surface area contributed by atoms with Crippen molar-refractivity contribution in [1.82, 2.24) is 9.97 Å². The molecule has 0 atom stereocenters. The summed E-state index contributed by atoms with van der Waals surface area (Å²) >= 11 is 0. The lowest BCUT2D eigenvalue weighted by atomic mass is 9.92. The molecular formula is C19H23FN6O. The maximum absolute atomic E-state index is 14.1. The molecule has 2 aromatic rings. The summed E-state index contributed by atoms with van der Waals surface area (Å²) in [7, 11) is 0.